The second-order valence-electron chi connectivity index (χ2n) is 5.87. The highest BCUT2D eigenvalue weighted by molar-refractivity contribution is 8.16. The second-order valence-corrected chi connectivity index (χ2v) is 7.94. The molecular weight excluding hydrogens is 320 g/mol. The van der Waals surface area contributed by atoms with Crippen LogP contribution in [0.2, 0.25) is 5.02 Å². The average Bonchev–Trinajstić information content (AvgIpc) is 2.94. The van der Waals surface area contributed by atoms with Crippen LogP contribution in [-0.4, -0.2) is 25.4 Å². The zero-order chi connectivity index (χ0) is 16.1. The van der Waals surface area contributed by atoms with E-state index in [1.54, 1.807) is 30.9 Å². The minimum atomic E-state index is -0.703. The highest BCUT2D eigenvalue weighted by Crippen LogP contribution is 2.44. The number of halogens is 1. The molecule has 0 saturated carbocycles. The lowest BCUT2D eigenvalue weighted by Crippen LogP contribution is -2.26. The van der Waals surface area contributed by atoms with Crippen molar-refractivity contribution in [3.05, 3.63) is 46.7 Å². The number of hydrogen-bond donors (Lipinski definition) is 0. The maximum atomic E-state index is 12.6. The van der Waals surface area contributed by atoms with Gasteiger partial charge in [0.05, 0.1) is 21.7 Å². The van der Waals surface area contributed by atoms with Crippen molar-refractivity contribution in [2.75, 3.05) is 0 Å². The highest BCUT2D eigenvalue weighted by Gasteiger charge is 2.48. The van der Waals surface area contributed by atoms with Crippen LogP contribution in [0.5, 0.6) is 0 Å². The summed E-state index contributed by atoms with van der Waals surface area (Å²) in [5, 5.41) is 4.60. The van der Waals surface area contributed by atoms with E-state index in [1.807, 2.05) is 25.1 Å². The molecule has 0 spiro atoms. The Labute approximate surface area is 137 Å². The van der Waals surface area contributed by atoms with Crippen molar-refractivity contribution in [1.82, 2.24) is 9.78 Å². The summed E-state index contributed by atoms with van der Waals surface area (Å²) in [7, 11) is 0. The van der Waals surface area contributed by atoms with Crippen molar-refractivity contribution in [3.8, 4) is 5.69 Å². The van der Waals surface area contributed by atoms with Gasteiger partial charge in [0.1, 0.15) is 5.92 Å². The number of ketones is 1. The summed E-state index contributed by atoms with van der Waals surface area (Å²) in [5.41, 5.74) is 2.45. The lowest BCUT2D eigenvalue weighted by Gasteiger charge is -2.15. The van der Waals surface area contributed by atoms with Gasteiger partial charge in [-0.05, 0) is 44.0 Å². The van der Waals surface area contributed by atoms with Crippen LogP contribution in [0, 0.1) is 6.92 Å². The van der Waals surface area contributed by atoms with E-state index in [0.717, 1.165) is 28.6 Å². The fraction of sp³-hybridized carbons (Fsp3) is 0.312. The Hall–Kier alpha value is -1.59. The van der Waals surface area contributed by atoms with Gasteiger partial charge in [-0.25, -0.2) is 4.68 Å². The molecule has 0 aliphatic carbocycles. The van der Waals surface area contributed by atoms with Gasteiger partial charge in [-0.3, -0.25) is 9.59 Å². The first-order valence-electron chi connectivity index (χ1n) is 6.88. The molecule has 1 aromatic heterocycles. The zero-order valence-electron chi connectivity index (χ0n) is 12.5. The first kappa shape index (κ1) is 15.3. The molecule has 4 nitrogen and oxygen atoms in total. The minimum absolute atomic E-state index is 0.0405. The van der Waals surface area contributed by atoms with Gasteiger partial charge in [-0.2, -0.15) is 5.10 Å². The molecule has 2 heterocycles. The van der Waals surface area contributed by atoms with Crippen LogP contribution in [0.1, 0.15) is 30.9 Å². The van der Waals surface area contributed by atoms with Gasteiger partial charge in [0.25, 0.3) is 0 Å². The second kappa shape index (κ2) is 5.25. The molecule has 0 N–H and O–H groups in total. The van der Waals surface area contributed by atoms with Crippen LogP contribution in [0.3, 0.4) is 0 Å². The average molecular weight is 335 g/mol. The number of aromatic nitrogens is 2. The molecule has 0 radical (unpaired) electrons. The summed E-state index contributed by atoms with van der Waals surface area (Å²) in [5.74, 6) is -0.743. The number of benzene rings is 1. The third kappa shape index (κ3) is 2.48. The SMILES string of the molecule is Cc1ccc(-n2cc(Cl)cn2)cc1C1C(=O)SC(C)(C)C1=O. The topological polar surface area (TPSA) is 52.0 Å². The molecule has 2 aromatic rings. The van der Waals surface area contributed by atoms with Crippen molar-refractivity contribution in [1.29, 1.82) is 0 Å². The first-order valence-corrected chi connectivity index (χ1v) is 8.07. The lowest BCUT2D eigenvalue weighted by atomic mass is 9.87. The fourth-order valence-corrected chi connectivity index (χ4v) is 3.82. The molecular formula is C16H15ClN2O2S. The molecule has 1 atom stereocenters. The molecule has 6 heteroatoms. The van der Waals surface area contributed by atoms with E-state index < -0.39 is 10.7 Å². The Morgan fingerprint density at radius 2 is 2.05 bits per heavy atom. The molecule has 0 amide bonds. The van der Waals surface area contributed by atoms with Crippen LogP contribution in [-0.2, 0) is 9.59 Å². The standard InChI is InChI=1S/C16H15ClN2O2S/c1-9-4-5-11(19-8-10(17)7-18-19)6-12(9)13-14(20)16(2,3)22-15(13)21/h4-8,13H,1-3H3. The molecule has 1 aromatic carbocycles. The fourth-order valence-electron chi connectivity index (χ4n) is 2.61. The van der Waals surface area contributed by atoms with Crippen molar-refractivity contribution < 1.29 is 9.59 Å². The van der Waals surface area contributed by atoms with Crippen molar-refractivity contribution in [3.63, 3.8) is 0 Å². The Kier molecular flexibility index (Phi) is 3.65. The number of carbonyl (C=O) groups excluding carboxylic acids is 2. The predicted octanol–water partition coefficient (Wildman–Crippen LogP) is 3.54. The van der Waals surface area contributed by atoms with Gasteiger partial charge in [0.2, 0.25) is 5.12 Å². The zero-order valence-corrected chi connectivity index (χ0v) is 14.0. The Morgan fingerprint density at radius 3 is 2.59 bits per heavy atom. The van der Waals surface area contributed by atoms with E-state index in [1.165, 1.54) is 0 Å². The van der Waals surface area contributed by atoms with E-state index in [0.29, 0.717) is 5.02 Å². The maximum absolute atomic E-state index is 12.6. The van der Waals surface area contributed by atoms with Crippen LogP contribution in [0.15, 0.2) is 30.6 Å². The molecule has 114 valence electrons. The van der Waals surface area contributed by atoms with E-state index in [-0.39, 0.29) is 10.9 Å². The summed E-state index contributed by atoms with van der Waals surface area (Å²) >= 11 is 7.01. The van der Waals surface area contributed by atoms with Crippen LogP contribution in [0.25, 0.3) is 5.69 Å². The number of carbonyl (C=O) groups is 2. The summed E-state index contributed by atoms with van der Waals surface area (Å²) in [6.07, 6.45) is 3.24. The van der Waals surface area contributed by atoms with Crippen LogP contribution < -0.4 is 0 Å². The Balaban J connectivity index is 2.08. The molecule has 1 aliphatic heterocycles. The third-order valence-electron chi connectivity index (χ3n) is 3.84. The Morgan fingerprint density at radius 1 is 1.32 bits per heavy atom. The molecule has 1 unspecified atom stereocenters. The van der Waals surface area contributed by atoms with Crippen molar-refractivity contribution in [2.45, 2.75) is 31.4 Å². The molecule has 1 fully saturated rings. The van der Waals surface area contributed by atoms with E-state index in [9.17, 15) is 9.59 Å². The number of thioether (sulfide) groups is 1. The number of aryl methyl sites for hydroxylation is 1. The normalized spacial score (nSPS) is 20.6. The molecule has 0 bridgehead atoms. The van der Waals surface area contributed by atoms with Gasteiger partial charge >= 0.3 is 0 Å². The van der Waals surface area contributed by atoms with Gasteiger partial charge in [-0.15, -0.1) is 0 Å². The van der Waals surface area contributed by atoms with Crippen LogP contribution in [0.4, 0.5) is 0 Å². The smallest absolute Gasteiger partial charge is 0.204 e. The van der Waals surface area contributed by atoms with Crippen molar-refractivity contribution in [2.24, 2.45) is 0 Å². The summed E-state index contributed by atoms with van der Waals surface area (Å²) in [6, 6.07) is 5.64. The van der Waals surface area contributed by atoms with Gasteiger partial charge < -0.3 is 0 Å². The van der Waals surface area contributed by atoms with Gasteiger partial charge in [0, 0.05) is 6.20 Å². The van der Waals surface area contributed by atoms with Gasteiger partial charge in [-0.1, -0.05) is 29.4 Å². The maximum Gasteiger partial charge on any atom is 0.204 e. The van der Waals surface area contributed by atoms with Gasteiger partial charge in [0.15, 0.2) is 5.78 Å². The predicted molar refractivity (Wildman–Crippen MR) is 87.7 cm³/mol. The highest BCUT2D eigenvalue weighted by atomic mass is 35.5. The lowest BCUT2D eigenvalue weighted by molar-refractivity contribution is -0.124. The number of hydrogen-bond acceptors (Lipinski definition) is 4. The Bertz CT molecular complexity index is 782. The largest absolute Gasteiger partial charge is 0.297 e. The van der Waals surface area contributed by atoms with Crippen molar-refractivity contribution >= 4 is 34.3 Å². The quantitative estimate of drug-likeness (QED) is 0.788. The van der Waals surface area contributed by atoms with E-state index >= 15 is 0 Å². The molecule has 1 aliphatic rings. The number of Topliss-reactive ketones (excluding diaryl/α,β-unsaturated/α-hetero) is 1. The summed E-state index contributed by atoms with van der Waals surface area (Å²) < 4.78 is 0.965. The minimum Gasteiger partial charge on any atom is -0.297 e. The monoisotopic (exact) mass is 334 g/mol. The summed E-state index contributed by atoms with van der Waals surface area (Å²) in [4.78, 5) is 24.9. The van der Waals surface area contributed by atoms with E-state index in [4.69, 9.17) is 11.6 Å². The number of nitrogens with zero attached hydrogens (tertiary/aromatic N) is 2. The molecule has 22 heavy (non-hydrogen) atoms. The third-order valence-corrected chi connectivity index (χ3v) is 5.18. The van der Waals surface area contributed by atoms with E-state index in [2.05, 4.69) is 5.10 Å². The number of rotatable bonds is 2. The van der Waals surface area contributed by atoms with Crippen LogP contribution >= 0.6 is 23.4 Å². The molecule has 3 rings (SSSR count). The first-order chi connectivity index (χ1) is 10.3. The molecule has 1 saturated heterocycles. The summed E-state index contributed by atoms with van der Waals surface area (Å²) in [6.45, 7) is 5.50.